The van der Waals surface area contributed by atoms with E-state index in [1.54, 1.807) is 0 Å². The highest BCUT2D eigenvalue weighted by molar-refractivity contribution is 5.94. The molecule has 34 heavy (non-hydrogen) atoms. The summed E-state index contributed by atoms with van der Waals surface area (Å²) in [6.07, 6.45) is 4.86. The lowest BCUT2D eigenvalue weighted by molar-refractivity contribution is -0.144. The van der Waals surface area contributed by atoms with E-state index in [-0.39, 0.29) is 24.8 Å². The Hall–Kier alpha value is -3.48. The minimum Gasteiger partial charge on any atom is -0.481 e. The van der Waals surface area contributed by atoms with Gasteiger partial charge in [-0.05, 0) is 38.6 Å². The molecule has 0 aromatic carbocycles. The topological polar surface area (TPSA) is 194 Å². The summed E-state index contributed by atoms with van der Waals surface area (Å²) in [4.78, 5) is 69.5. The minimum absolute atomic E-state index is 0.00763. The second-order valence-corrected chi connectivity index (χ2v) is 8.51. The van der Waals surface area contributed by atoms with Crippen LogP contribution in [0, 0.1) is 0 Å². The molecule has 1 aromatic rings. The van der Waals surface area contributed by atoms with Gasteiger partial charge >= 0.3 is 11.9 Å². The van der Waals surface area contributed by atoms with Crippen LogP contribution in [0.2, 0.25) is 0 Å². The third kappa shape index (κ3) is 6.53. The van der Waals surface area contributed by atoms with E-state index in [9.17, 15) is 29.1 Å². The van der Waals surface area contributed by atoms with E-state index in [2.05, 4.69) is 25.9 Å². The molecule has 13 nitrogen and oxygen atoms in total. The van der Waals surface area contributed by atoms with Gasteiger partial charge in [-0.1, -0.05) is 0 Å². The first-order valence-corrected chi connectivity index (χ1v) is 11.3. The van der Waals surface area contributed by atoms with Crippen LogP contribution in [0.15, 0.2) is 12.5 Å². The van der Waals surface area contributed by atoms with Gasteiger partial charge in [-0.25, -0.2) is 9.78 Å². The highest BCUT2D eigenvalue weighted by Crippen LogP contribution is 2.21. The molecule has 0 spiro atoms. The van der Waals surface area contributed by atoms with E-state index in [1.165, 1.54) is 17.4 Å². The number of carbonyl (C=O) groups is 5. The number of amides is 3. The van der Waals surface area contributed by atoms with Gasteiger partial charge in [0.2, 0.25) is 17.7 Å². The van der Waals surface area contributed by atoms with Crippen LogP contribution in [0.4, 0.5) is 0 Å². The third-order valence-corrected chi connectivity index (χ3v) is 6.07. The number of carboxylic acids is 2. The number of imidazole rings is 1. The zero-order valence-electron chi connectivity index (χ0n) is 18.7. The van der Waals surface area contributed by atoms with Crippen molar-refractivity contribution in [2.75, 3.05) is 13.1 Å². The Morgan fingerprint density at radius 3 is 2.53 bits per heavy atom. The number of aromatic nitrogens is 2. The molecule has 3 amide bonds. The van der Waals surface area contributed by atoms with Gasteiger partial charge in [0.05, 0.1) is 12.4 Å². The van der Waals surface area contributed by atoms with Crippen molar-refractivity contribution in [1.29, 1.82) is 0 Å². The monoisotopic (exact) mass is 478 g/mol. The first-order chi connectivity index (χ1) is 16.3. The summed E-state index contributed by atoms with van der Waals surface area (Å²) in [6, 6.07) is -3.62. The number of hydrogen-bond donors (Lipinski definition) is 6. The van der Waals surface area contributed by atoms with E-state index < -0.39 is 48.3 Å². The normalized spacial score (nSPS) is 21.6. The first kappa shape index (κ1) is 25.1. The van der Waals surface area contributed by atoms with E-state index in [0.29, 0.717) is 31.5 Å². The molecule has 2 saturated heterocycles. The summed E-state index contributed by atoms with van der Waals surface area (Å²) >= 11 is 0. The van der Waals surface area contributed by atoms with E-state index >= 15 is 0 Å². The fourth-order valence-electron chi connectivity index (χ4n) is 4.29. The highest BCUT2D eigenvalue weighted by Gasteiger charge is 2.39. The molecule has 2 aliphatic heterocycles. The summed E-state index contributed by atoms with van der Waals surface area (Å²) < 4.78 is 0. The van der Waals surface area contributed by atoms with E-state index in [4.69, 9.17) is 5.11 Å². The van der Waals surface area contributed by atoms with Crippen molar-refractivity contribution in [3.8, 4) is 0 Å². The average molecular weight is 479 g/mol. The SMILES string of the molecule is O=C(O)CCC(NC(=O)C(Cc1cnc[nH]1)NC(=O)C1CCCN1C(=O)C1CCCN1)C(=O)O. The molecule has 6 N–H and O–H groups in total. The Morgan fingerprint density at radius 2 is 1.91 bits per heavy atom. The average Bonchev–Trinajstić information content (AvgIpc) is 3.57. The van der Waals surface area contributed by atoms with Gasteiger partial charge < -0.3 is 36.0 Å². The van der Waals surface area contributed by atoms with Crippen LogP contribution < -0.4 is 16.0 Å². The van der Waals surface area contributed by atoms with Crippen molar-refractivity contribution in [3.05, 3.63) is 18.2 Å². The number of carboxylic acid groups (broad SMARTS) is 2. The Kier molecular flexibility index (Phi) is 8.57. The van der Waals surface area contributed by atoms with Gasteiger partial charge in [-0.3, -0.25) is 19.2 Å². The van der Waals surface area contributed by atoms with Gasteiger partial charge in [0, 0.05) is 31.3 Å². The second-order valence-electron chi connectivity index (χ2n) is 8.51. The maximum atomic E-state index is 13.1. The van der Waals surface area contributed by atoms with Crippen LogP contribution in [0.25, 0.3) is 0 Å². The largest absolute Gasteiger partial charge is 0.481 e. The highest BCUT2D eigenvalue weighted by atomic mass is 16.4. The van der Waals surface area contributed by atoms with Crippen molar-refractivity contribution in [2.24, 2.45) is 0 Å². The number of H-pyrrole nitrogens is 1. The number of nitrogens with zero attached hydrogens (tertiary/aromatic N) is 2. The predicted octanol–water partition coefficient (Wildman–Crippen LogP) is -1.39. The number of carbonyl (C=O) groups excluding carboxylic acids is 3. The van der Waals surface area contributed by atoms with Crippen LogP contribution in [-0.2, 0) is 30.4 Å². The number of aromatic amines is 1. The van der Waals surface area contributed by atoms with Crippen molar-refractivity contribution >= 4 is 29.7 Å². The van der Waals surface area contributed by atoms with Gasteiger partial charge in [-0.2, -0.15) is 0 Å². The standard InChI is InChI=1S/C21H30N6O7/c28-17(29)6-5-14(21(33)34)25-18(30)15(9-12-10-22-11-24-12)26-19(31)16-4-2-8-27(16)20(32)13-3-1-7-23-13/h10-11,13-16,23H,1-9H2,(H,22,24)(H,25,30)(H,26,31)(H,28,29)(H,33,34). The van der Waals surface area contributed by atoms with E-state index in [1.807, 2.05) is 0 Å². The molecular weight excluding hydrogens is 448 g/mol. The summed E-state index contributed by atoms with van der Waals surface area (Å²) in [7, 11) is 0. The third-order valence-electron chi connectivity index (χ3n) is 6.07. The van der Waals surface area contributed by atoms with Crippen molar-refractivity contribution in [2.45, 2.75) is 69.1 Å². The lowest BCUT2D eigenvalue weighted by atomic mass is 10.1. The van der Waals surface area contributed by atoms with Crippen LogP contribution >= 0.6 is 0 Å². The lowest BCUT2D eigenvalue weighted by Crippen LogP contribution is -2.57. The molecule has 4 atom stereocenters. The molecule has 2 fully saturated rings. The number of rotatable bonds is 11. The summed E-state index contributed by atoms with van der Waals surface area (Å²) in [6.45, 7) is 1.20. The smallest absolute Gasteiger partial charge is 0.326 e. The molecule has 4 unspecified atom stereocenters. The molecule has 186 valence electrons. The number of nitrogens with one attached hydrogen (secondary N) is 4. The minimum atomic E-state index is -1.43. The molecule has 2 aliphatic rings. The Labute approximate surface area is 195 Å². The van der Waals surface area contributed by atoms with Gasteiger partial charge in [0.15, 0.2) is 0 Å². The van der Waals surface area contributed by atoms with Crippen molar-refractivity contribution in [1.82, 2.24) is 30.8 Å². The molecular formula is C21H30N6O7. The zero-order valence-corrected chi connectivity index (χ0v) is 18.7. The van der Waals surface area contributed by atoms with Crippen LogP contribution in [0.3, 0.4) is 0 Å². The molecule has 3 rings (SSSR count). The summed E-state index contributed by atoms with van der Waals surface area (Å²) in [5.74, 6) is -3.97. The van der Waals surface area contributed by atoms with Crippen LogP contribution in [-0.4, -0.2) is 92.0 Å². The van der Waals surface area contributed by atoms with Crippen molar-refractivity contribution < 1.29 is 34.2 Å². The van der Waals surface area contributed by atoms with Crippen LogP contribution in [0.5, 0.6) is 0 Å². The molecule has 13 heteroatoms. The molecule has 0 saturated carbocycles. The molecule has 1 aromatic heterocycles. The lowest BCUT2D eigenvalue weighted by Gasteiger charge is -2.28. The predicted molar refractivity (Wildman–Crippen MR) is 116 cm³/mol. The Bertz CT molecular complexity index is 899. The second kappa shape index (κ2) is 11.6. The fourth-order valence-corrected chi connectivity index (χ4v) is 4.29. The fraction of sp³-hybridized carbons (Fsp3) is 0.619. The van der Waals surface area contributed by atoms with Gasteiger partial charge in [-0.15, -0.1) is 0 Å². The van der Waals surface area contributed by atoms with Crippen LogP contribution in [0.1, 0.15) is 44.2 Å². The molecule has 0 aliphatic carbocycles. The zero-order chi connectivity index (χ0) is 24.7. The molecule has 3 heterocycles. The maximum absolute atomic E-state index is 13.1. The number of hydrogen-bond acceptors (Lipinski definition) is 7. The Morgan fingerprint density at radius 1 is 1.12 bits per heavy atom. The van der Waals surface area contributed by atoms with Gasteiger partial charge in [0.25, 0.3) is 0 Å². The first-order valence-electron chi connectivity index (χ1n) is 11.3. The quantitative estimate of drug-likeness (QED) is 0.222. The molecule has 0 bridgehead atoms. The van der Waals surface area contributed by atoms with Crippen molar-refractivity contribution in [3.63, 3.8) is 0 Å². The van der Waals surface area contributed by atoms with Gasteiger partial charge in [0.1, 0.15) is 18.1 Å². The number of likely N-dealkylation sites (tertiary alicyclic amines) is 1. The summed E-state index contributed by atoms with van der Waals surface area (Å²) in [5.41, 5.74) is 0.535. The Balaban J connectivity index is 1.70. The molecule has 0 radical (unpaired) electrons. The van der Waals surface area contributed by atoms with E-state index in [0.717, 1.165) is 13.0 Å². The maximum Gasteiger partial charge on any atom is 0.326 e. The number of aliphatic carboxylic acids is 2. The summed E-state index contributed by atoms with van der Waals surface area (Å²) in [5, 5.41) is 26.3.